The van der Waals surface area contributed by atoms with Crippen LogP contribution in [0.3, 0.4) is 0 Å². The molecule has 0 saturated heterocycles. The monoisotopic (exact) mass is 352 g/mol. The molecular formula is C25H52. The Hall–Kier alpha value is 0. The van der Waals surface area contributed by atoms with Gasteiger partial charge in [-0.05, 0) is 42.9 Å². The molecule has 0 nitrogen and oxygen atoms in total. The van der Waals surface area contributed by atoms with Crippen LogP contribution in [0.4, 0.5) is 0 Å². The summed E-state index contributed by atoms with van der Waals surface area (Å²) in [6.07, 6.45) is 21.6. The van der Waals surface area contributed by atoms with E-state index in [-0.39, 0.29) is 0 Å². The lowest BCUT2D eigenvalue weighted by Gasteiger charge is -2.28. The second kappa shape index (κ2) is 17.4. The zero-order valence-corrected chi connectivity index (χ0v) is 18.9. The van der Waals surface area contributed by atoms with Crippen LogP contribution in [0, 0.1) is 23.7 Å². The van der Waals surface area contributed by atoms with Crippen molar-refractivity contribution in [3.05, 3.63) is 0 Å². The molecule has 0 aliphatic heterocycles. The van der Waals surface area contributed by atoms with E-state index in [2.05, 4.69) is 41.5 Å². The van der Waals surface area contributed by atoms with Gasteiger partial charge in [-0.1, -0.05) is 119 Å². The molecule has 0 N–H and O–H groups in total. The van der Waals surface area contributed by atoms with E-state index in [1.165, 1.54) is 96.3 Å². The third-order valence-corrected chi connectivity index (χ3v) is 6.85. The van der Waals surface area contributed by atoms with Crippen LogP contribution in [-0.4, -0.2) is 0 Å². The number of rotatable bonds is 18. The Morgan fingerprint density at radius 1 is 0.400 bits per heavy atom. The highest BCUT2D eigenvalue weighted by Crippen LogP contribution is 2.33. The van der Waals surface area contributed by atoms with E-state index in [1.807, 2.05) is 0 Å². The smallest absolute Gasteiger partial charge is 0.0409 e. The third-order valence-electron chi connectivity index (χ3n) is 6.85. The fourth-order valence-electron chi connectivity index (χ4n) is 4.63. The highest BCUT2D eigenvalue weighted by atomic mass is 14.3. The van der Waals surface area contributed by atoms with E-state index >= 15 is 0 Å². The van der Waals surface area contributed by atoms with Gasteiger partial charge < -0.3 is 0 Å². The van der Waals surface area contributed by atoms with Crippen LogP contribution >= 0.6 is 0 Å². The summed E-state index contributed by atoms with van der Waals surface area (Å²) in [6, 6.07) is 0. The Morgan fingerprint density at radius 3 is 1.28 bits per heavy atom. The Morgan fingerprint density at radius 2 is 0.800 bits per heavy atom. The summed E-state index contributed by atoms with van der Waals surface area (Å²) in [7, 11) is 0. The van der Waals surface area contributed by atoms with Crippen molar-refractivity contribution in [3.63, 3.8) is 0 Å². The van der Waals surface area contributed by atoms with Crippen molar-refractivity contribution in [2.24, 2.45) is 23.7 Å². The van der Waals surface area contributed by atoms with Crippen molar-refractivity contribution in [2.75, 3.05) is 0 Å². The van der Waals surface area contributed by atoms with Gasteiger partial charge in [-0.25, -0.2) is 0 Å². The SMILES string of the molecule is CCCCCCCCC(CC(CC)CC)CC(CC)CC(CC)CC. The molecule has 0 aromatic heterocycles. The molecule has 2 unspecified atom stereocenters. The van der Waals surface area contributed by atoms with Gasteiger partial charge in [-0.2, -0.15) is 0 Å². The second-order valence-electron chi connectivity index (χ2n) is 8.77. The fraction of sp³-hybridized carbons (Fsp3) is 1.00. The van der Waals surface area contributed by atoms with E-state index < -0.39 is 0 Å². The maximum absolute atomic E-state index is 2.44. The molecule has 0 spiro atoms. The molecule has 0 aliphatic rings. The molecule has 0 rings (SSSR count). The first kappa shape index (κ1) is 25.0. The summed E-state index contributed by atoms with van der Waals surface area (Å²) >= 11 is 0. The van der Waals surface area contributed by atoms with Gasteiger partial charge in [0.1, 0.15) is 0 Å². The largest absolute Gasteiger partial charge is 0.0654 e. The Balaban J connectivity index is 4.47. The second-order valence-corrected chi connectivity index (χ2v) is 8.77. The van der Waals surface area contributed by atoms with Gasteiger partial charge in [0, 0.05) is 0 Å². The van der Waals surface area contributed by atoms with Crippen molar-refractivity contribution >= 4 is 0 Å². The van der Waals surface area contributed by atoms with E-state index in [0.717, 1.165) is 23.7 Å². The summed E-state index contributed by atoms with van der Waals surface area (Å²) in [4.78, 5) is 0. The predicted molar refractivity (Wildman–Crippen MR) is 117 cm³/mol. The summed E-state index contributed by atoms with van der Waals surface area (Å²) in [5.41, 5.74) is 0. The fourth-order valence-corrected chi connectivity index (χ4v) is 4.63. The summed E-state index contributed by atoms with van der Waals surface area (Å²) in [5.74, 6) is 3.91. The molecule has 0 amide bonds. The number of hydrogen-bond acceptors (Lipinski definition) is 0. The third kappa shape index (κ3) is 12.9. The summed E-state index contributed by atoms with van der Waals surface area (Å²) in [5, 5.41) is 0. The Kier molecular flexibility index (Phi) is 17.4. The first-order valence-corrected chi connectivity index (χ1v) is 12.1. The van der Waals surface area contributed by atoms with Gasteiger partial charge in [0.15, 0.2) is 0 Å². The van der Waals surface area contributed by atoms with Crippen LogP contribution in [-0.2, 0) is 0 Å². The van der Waals surface area contributed by atoms with Gasteiger partial charge in [-0.15, -0.1) is 0 Å². The van der Waals surface area contributed by atoms with E-state index in [0.29, 0.717) is 0 Å². The average Bonchev–Trinajstić information content (AvgIpc) is 2.65. The van der Waals surface area contributed by atoms with E-state index in [9.17, 15) is 0 Å². The lowest BCUT2D eigenvalue weighted by Crippen LogP contribution is -2.15. The molecule has 0 fully saturated rings. The standard InChI is InChI=1S/C25H52/c1-7-13-14-15-16-17-18-25(20-23(10-4)11-5)21-24(12-6)19-22(8-2)9-3/h22-25H,7-21H2,1-6H3. The molecule has 0 saturated carbocycles. The maximum atomic E-state index is 2.44. The van der Waals surface area contributed by atoms with Gasteiger partial charge in [0.2, 0.25) is 0 Å². The lowest BCUT2D eigenvalue weighted by atomic mass is 9.78. The molecule has 152 valence electrons. The first-order chi connectivity index (χ1) is 12.1. The van der Waals surface area contributed by atoms with Gasteiger partial charge in [0.25, 0.3) is 0 Å². The summed E-state index contributed by atoms with van der Waals surface area (Å²) in [6.45, 7) is 14.3. The zero-order valence-electron chi connectivity index (χ0n) is 18.9. The highest BCUT2D eigenvalue weighted by Gasteiger charge is 2.20. The average molecular weight is 353 g/mol. The minimum Gasteiger partial charge on any atom is -0.0654 e. The normalized spacial score (nSPS) is 14.4. The molecular weight excluding hydrogens is 300 g/mol. The van der Waals surface area contributed by atoms with Crippen molar-refractivity contribution in [1.82, 2.24) is 0 Å². The van der Waals surface area contributed by atoms with Crippen LogP contribution < -0.4 is 0 Å². The lowest BCUT2D eigenvalue weighted by molar-refractivity contribution is 0.239. The van der Waals surface area contributed by atoms with Gasteiger partial charge >= 0.3 is 0 Å². The number of unbranched alkanes of at least 4 members (excludes halogenated alkanes) is 5. The zero-order chi connectivity index (χ0) is 18.9. The van der Waals surface area contributed by atoms with Crippen LogP contribution in [0.2, 0.25) is 0 Å². The van der Waals surface area contributed by atoms with Crippen molar-refractivity contribution in [3.8, 4) is 0 Å². The van der Waals surface area contributed by atoms with Gasteiger partial charge in [0.05, 0.1) is 0 Å². The Labute approximate surface area is 161 Å². The van der Waals surface area contributed by atoms with Crippen molar-refractivity contribution in [2.45, 2.75) is 138 Å². The minimum absolute atomic E-state index is 0.966. The molecule has 0 radical (unpaired) electrons. The summed E-state index contributed by atoms with van der Waals surface area (Å²) < 4.78 is 0. The molecule has 0 heterocycles. The predicted octanol–water partition coefficient (Wildman–Crippen LogP) is 9.42. The molecule has 25 heavy (non-hydrogen) atoms. The number of hydrogen-bond donors (Lipinski definition) is 0. The Bertz CT molecular complexity index is 249. The maximum Gasteiger partial charge on any atom is -0.0409 e. The van der Waals surface area contributed by atoms with Crippen LogP contribution in [0.5, 0.6) is 0 Å². The quantitative estimate of drug-likeness (QED) is 0.215. The molecule has 2 atom stereocenters. The molecule has 0 heteroatoms. The minimum atomic E-state index is 0.966. The van der Waals surface area contributed by atoms with Crippen LogP contribution in [0.1, 0.15) is 138 Å². The van der Waals surface area contributed by atoms with Gasteiger partial charge in [-0.3, -0.25) is 0 Å². The van der Waals surface area contributed by atoms with Crippen molar-refractivity contribution in [1.29, 1.82) is 0 Å². The molecule has 0 aromatic carbocycles. The van der Waals surface area contributed by atoms with E-state index in [1.54, 1.807) is 0 Å². The molecule has 0 bridgehead atoms. The van der Waals surface area contributed by atoms with E-state index in [4.69, 9.17) is 0 Å². The van der Waals surface area contributed by atoms with Crippen molar-refractivity contribution < 1.29 is 0 Å². The van der Waals surface area contributed by atoms with Crippen LogP contribution in [0.15, 0.2) is 0 Å². The topological polar surface area (TPSA) is 0 Å². The van der Waals surface area contributed by atoms with Crippen LogP contribution in [0.25, 0.3) is 0 Å². The first-order valence-electron chi connectivity index (χ1n) is 12.1. The molecule has 0 aliphatic carbocycles. The highest BCUT2D eigenvalue weighted by molar-refractivity contribution is 4.72. The molecule has 0 aromatic rings.